The molecule has 2 N–H and O–H groups in total. The minimum Gasteiger partial charge on any atom is -0.478 e. The van der Waals surface area contributed by atoms with Crippen LogP contribution in [0.3, 0.4) is 0 Å². The first-order chi connectivity index (χ1) is 11.9. The van der Waals surface area contributed by atoms with Crippen molar-refractivity contribution in [2.75, 3.05) is 0 Å². The Morgan fingerprint density at radius 1 is 1.12 bits per heavy atom. The summed E-state index contributed by atoms with van der Waals surface area (Å²) in [5.74, 6) is -0.358. The van der Waals surface area contributed by atoms with E-state index >= 15 is 0 Å². The number of carboxylic acid groups (broad SMARTS) is 1. The highest BCUT2D eigenvalue weighted by atomic mass is 16.4. The number of aromatic nitrogens is 2. The molecule has 3 rings (SSSR count). The average molecular weight is 331 g/mol. The second-order valence-corrected chi connectivity index (χ2v) is 6.00. The maximum Gasteiger partial charge on any atom is 0.335 e. The van der Waals surface area contributed by atoms with Gasteiger partial charge >= 0.3 is 5.97 Å². The van der Waals surface area contributed by atoms with Gasteiger partial charge in [-0.05, 0) is 50.1 Å². The number of nitrogens with zero attached hydrogens (tertiary/aromatic N) is 2. The number of benzene rings is 2. The van der Waals surface area contributed by atoms with Gasteiger partial charge in [-0.1, -0.05) is 18.2 Å². The van der Waals surface area contributed by atoms with E-state index in [0.29, 0.717) is 17.1 Å². The first-order valence-corrected chi connectivity index (χ1v) is 7.83. The first kappa shape index (κ1) is 16.5. The highest BCUT2D eigenvalue weighted by Gasteiger charge is 2.17. The number of aromatic amines is 1. The number of carboxylic acids is 1. The number of nitrogens with one attached hydrogen (secondary N) is 1. The molecular formula is C20H17N3O2. The minimum atomic E-state index is -0.956. The second-order valence-electron chi connectivity index (χ2n) is 6.00. The zero-order chi connectivity index (χ0) is 18.1. The van der Waals surface area contributed by atoms with Gasteiger partial charge in [0.25, 0.3) is 0 Å². The Kier molecular flexibility index (Phi) is 4.12. The summed E-state index contributed by atoms with van der Waals surface area (Å²) in [6, 6.07) is 12.9. The number of H-pyrrole nitrogens is 1. The molecule has 5 heteroatoms. The van der Waals surface area contributed by atoms with E-state index in [1.54, 1.807) is 19.1 Å². The van der Waals surface area contributed by atoms with Crippen LogP contribution in [0.4, 0.5) is 0 Å². The molecule has 0 saturated carbocycles. The average Bonchev–Trinajstić information content (AvgIpc) is 2.96. The molecule has 5 nitrogen and oxygen atoms in total. The van der Waals surface area contributed by atoms with Crippen LogP contribution in [0, 0.1) is 32.1 Å². The fourth-order valence-corrected chi connectivity index (χ4v) is 2.98. The molecule has 0 amide bonds. The molecule has 0 unspecified atom stereocenters. The summed E-state index contributed by atoms with van der Waals surface area (Å²) >= 11 is 0. The van der Waals surface area contributed by atoms with Gasteiger partial charge in [-0.3, -0.25) is 0 Å². The summed E-state index contributed by atoms with van der Waals surface area (Å²) in [7, 11) is 0. The summed E-state index contributed by atoms with van der Waals surface area (Å²) in [5.41, 5.74) is 5.50. The highest BCUT2D eigenvalue weighted by molar-refractivity contribution is 5.91. The standard InChI is InChI=1S/C20H17N3O2/c1-11-8-12(2)17(20(24)25)9-16(11)18-13(3)22-19(23-18)15-7-5-4-6-14(15)10-21/h4-9H,1-3H3,(H,22,23)(H,24,25). The molecule has 124 valence electrons. The Morgan fingerprint density at radius 3 is 2.52 bits per heavy atom. The van der Waals surface area contributed by atoms with Crippen molar-refractivity contribution in [1.82, 2.24) is 9.97 Å². The van der Waals surface area contributed by atoms with Crippen molar-refractivity contribution in [3.05, 3.63) is 64.3 Å². The zero-order valence-electron chi connectivity index (χ0n) is 14.2. The molecule has 0 aliphatic carbocycles. The van der Waals surface area contributed by atoms with E-state index in [1.165, 1.54) is 0 Å². The van der Waals surface area contributed by atoms with E-state index in [9.17, 15) is 15.2 Å². The van der Waals surface area contributed by atoms with Gasteiger partial charge < -0.3 is 10.1 Å². The normalized spacial score (nSPS) is 10.5. The van der Waals surface area contributed by atoms with E-state index in [4.69, 9.17) is 0 Å². The number of hydrogen-bond donors (Lipinski definition) is 2. The number of aryl methyl sites for hydroxylation is 3. The topological polar surface area (TPSA) is 89.8 Å². The molecule has 2 aromatic carbocycles. The molecule has 0 radical (unpaired) electrons. The van der Waals surface area contributed by atoms with E-state index in [2.05, 4.69) is 16.0 Å². The predicted octanol–water partition coefficient (Wildman–Crippen LogP) is 4.24. The lowest BCUT2D eigenvalue weighted by molar-refractivity contribution is 0.0696. The van der Waals surface area contributed by atoms with Crippen LogP contribution in [0.15, 0.2) is 36.4 Å². The van der Waals surface area contributed by atoms with Gasteiger partial charge in [-0.15, -0.1) is 0 Å². The zero-order valence-corrected chi connectivity index (χ0v) is 14.2. The Bertz CT molecular complexity index is 1030. The number of hydrogen-bond acceptors (Lipinski definition) is 3. The van der Waals surface area contributed by atoms with Crippen molar-refractivity contribution >= 4 is 5.97 Å². The molecule has 0 fully saturated rings. The van der Waals surface area contributed by atoms with Crippen LogP contribution in [0.25, 0.3) is 22.6 Å². The third-order valence-electron chi connectivity index (χ3n) is 4.24. The summed E-state index contributed by atoms with van der Waals surface area (Å²) in [5, 5.41) is 18.7. The van der Waals surface area contributed by atoms with Gasteiger partial charge in [-0.25, -0.2) is 9.78 Å². The Labute approximate surface area is 145 Å². The monoisotopic (exact) mass is 331 g/mol. The van der Waals surface area contributed by atoms with E-state index in [0.717, 1.165) is 27.9 Å². The lowest BCUT2D eigenvalue weighted by Gasteiger charge is -2.09. The Balaban J connectivity index is 2.18. The predicted molar refractivity (Wildman–Crippen MR) is 95.3 cm³/mol. The molecule has 0 aliphatic heterocycles. The minimum absolute atomic E-state index is 0.266. The molecule has 1 heterocycles. The van der Waals surface area contributed by atoms with E-state index < -0.39 is 5.97 Å². The fraction of sp³-hybridized carbons (Fsp3) is 0.150. The van der Waals surface area contributed by atoms with Crippen LogP contribution in [0.5, 0.6) is 0 Å². The van der Waals surface area contributed by atoms with Gasteiger partial charge in [-0.2, -0.15) is 5.26 Å². The van der Waals surface area contributed by atoms with Gasteiger partial charge in [0.2, 0.25) is 0 Å². The largest absolute Gasteiger partial charge is 0.478 e. The van der Waals surface area contributed by atoms with Crippen molar-refractivity contribution in [3.63, 3.8) is 0 Å². The maximum absolute atomic E-state index is 11.4. The van der Waals surface area contributed by atoms with Crippen LogP contribution in [-0.4, -0.2) is 21.0 Å². The molecule has 0 atom stereocenters. The molecule has 3 aromatic rings. The fourth-order valence-electron chi connectivity index (χ4n) is 2.98. The number of imidazole rings is 1. The van der Waals surface area contributed by atoms with E-state index in [1.807, 2.05) is 38.1 Å². The van der Waals surface area contributed by atoms with Gasteiger partial charge in [0.05, 0.1) is 22.9 Å². The van der Waals surface area contributed by atoms with Crippen molar-refractivity contribution in [3.8, 4) is 28.7 Å². The van der Waals surface area contributed by atoms with Crippen LogP contribution in [0.1, 0.15) is 32.7 Å². The molecule has 1 aromatic heterocycles. The Hall–Kier alpha value is -3.39. The summed E-state index contributed by atoms with van der Waals surface area (Å²) < 4.78 is 0. The molecule has 0 bridgehead atoms. The van der Waals surface area contributed by atoms with Crippen molar-refractivity contribution < 1.29 is 9.90 Å². The lowest BCUT2D eigenvalue weighted by Crippen LogP contribution is -2.01. The van der Waals surface area contributed by atoms with Crippen LogP contribution >= 0.6 is 0 Å². The summed E-state index contributed by atoms with van der Waals surface area (Å²) in [6.45, 7) is 5.61. The van der Waals surface area contributed by atoms with Crippen molar-refractivity contribution in [1.29, 1.82) is 5.26 Å². The number of nitriles is 1. The summed E-state index contributed by atoms with van der Waals surface area (Å²) in [4.78, 5) is 19.3. The van der Waals surface area contributed by atoms with Crippen LogP contribution in [0.2, 0.25) is 0 Å². The first-order valence-electron chi connectivity index (χ1n) is 7.83. The second kappa shape index (κ2) is 6.25. The van der Waals surface area contributed by atoms with Gasteiger partial charge in [0, 0.05) is 16.8 Å². The third kappa shape index (κ3) is 2.90. The van der Waals surface area contributed by atoms with E-state index in [-0.39, 0.29) is 5.56 Å². The van der Waals surface area contributed by atoms with Crippen molar-refractivity contribution in [2.24, 2.45) is 0 Å². The highest BCUT2D eigenvalue weighted by Crippen LogP contribution is 2.31. The molecule has 0 spiro atoms. The van der Waals surface area contributed by atoms with Gasteiger partial charge in [0.15, 0.2) is 0 Å². The van der Waals surface area contributed by atoms with Gasteiger partial charge in [0.1, 0.15) is 5.82 Å². The Morgan fingerprint density at radius 2 is 1.84 bits per heavy atom. The quantitative estimate of drug-likeness (QED) is 0.751. The van der Waals surface area contributed by atoms with Crippen molar-refractivity contribution in [2.45, 2.75) is 20.8 Å². The molecule has 0 aliphatic rings. The summed E-state index contributed by atoms with van der Waals surface area (Å²) in [6.07, 6.45) is 0. The number of aromatic carboxylic acids is 1. The smallest absolute Gasteiger partial charge is 0.335 e. The number of carbonyl (C=O) groups is 1. The van der Waals surface area contributed by atoms with Crippen LogP contribution < -0.4 is 0 Å². The SMILES string of the molecule is Cc1cc(C)c(-c2nc(-c3ccccc3C#N)[nH]c2C)cc1C(=O)O. The lowest BCUT2D eigenvalue weighted by atomic mass is 9.97. The number of rotatable bonds is 3. The molecule has 25 heavy (non-hydrogen) atoms. The maximum atomic E-state index is 11.4. The third-order valence-corrected chi connectivity index (χ3v) is 4.24. The van der Waals surface area contributed by atoms with Crippen LogP contribution in [-0.2, 0) is 0 Å². The molecular weight excluding hydrogens is 314 g/mol. The molecule has 0 saturated heterocycles.